The topological polar surface area (TPSA) is 71.1 Å². The number of carbonyl (C=O) groups excluding carboxylic acids is 2. The van der Waals surface area contributed by atoms with Crippen molar-refractivity contribution < 1.29 is 28.5 Å². The minimum absolute atomic E-state index is 0.322. The van der Waals surface area contributed by atoms with Crippen molar-refractivity contribution in [1.29, 1.82) is 0 Å². The van der Waals surface area contributed by atoms with E-state index in [1.807, 2.05) is 6.92 Å². The van der Waals surface area contributed by atoms with E-state index in [9.17, 15) is 9.59 Å². The third-order valence-corrected chi connectivity index (χ3v) is 3.68. The molecule has 0 saturated carbocycles. The van der Waals surface area contributed by atoms with Crippen LogP contribution >= 0.6 is 0 Å². The number of aryl methyl sites for hydroxylation is 1. The molecule has 0 fully saturated rings. The van der Waals surface area contributed by atoms with E-state index in [1.54, 1.807) is 36.4 Å². The molecule has 0 amide bonds. The summed E-state index contributed by atoms with van der Waals surface area (Å²) in [7, 11) is 4.52. The second-order valence-corrected chi connectivity index (χ2v) is 5.25. The van der Waals surface area contributed by atoms with Crippen LogP contribution in [0.3, 0.4) is 0 Å². The molecular weight excluding hydrogens is 324 g/mol. The van der Waals surface area contributed by atoms with Crippen LogP contribution in [-0.4, -0.2) is 39.7 Å². The van der Waals surface area contributed by atoms with Gasteiger partial charge >= 0.3 is 5.97 Å². The standard InChI is InChI=1S/C19H20O6/c1-12-5-6-14(10-17(12)23-3)19(21)25-11-15(20)13-7-8-16(22-2)18(9-13)24-4/h5-10H,11H2,1-4H3. The van der Waals surface area contributed by atoms with E-state index in [0.717, 1.165) is 5.56 Å². The summed E-state index contributed by atoms with van der Waals surface area (Å²) in [6, 6.07) is 9.72. The summed E-state index contributed by atoms with van der Waals surface area (Å²) in [4.78, 5) is 24.3. The molecule has 0 unspecified atom stereocenters. The summed E-state index contributed by atoms with van der Waals surface area (Å²) in [5.74, 6) is 0.604. The van der Waals surface area contributed by atoms with Crippen LogP contribution in [-0.2, 0) is 4.74 Å². The van der Waals surface area contributed by atoms with Crippen molar-refractivity contribution in [3.05, 3.63) is 53.1 Å². The number of hydrogen-bond acceptors (Lipinski definition) is 6. The zero-order valence-corrected chi connectivity index (χ0v) is 14.6. The molecule has 132 valence electrons. The fourth-order valence-electron chi connectivity index (χ4n) is 2.25. The van der Waals surface area contributed by atoms with Gasteiger partial charge in [0.2, 0.25) is 0 Å². The summed E-state index contributed by atoms with van der Waals surface area (Å²) in [6.45, 7) is 1.50. The molecule has 0 N–H and O–H groups in total. The van der Waals surface area contributed by atoms with Crippen LogP contribution in [0.25, 0.3) is 0 Å². The van der Waals surface area contributed by atoms with E-state index in [0.29, 0.717) is 28.4 Å². The van der Waals surface area contributed by atoms with Gasteiger partial charge in [0.25, 0.3) is 0 Å². The third-order valence-electron chi connectivity index (χ3n) is 3.68. The van der Waals surface area contributed by atoms with Crippen molar-refractivity contribution in [1.82, 2.24) is 0 Å². The highest BCUT2D eigenvalue weighted by molar-refractivity contribution is 5.99. The van der Waals surface area contributed by atoms with Crippen molar-refractivity contribution >= 4 is 11.8 Å². The lowest BCUT2D eigenvalue weighted by molar-refractivity contribution is 0.0474. The highest BCUT2D eigenvalue weighted by Gasteiger charge is 2.15. The van der Waals surface area contributed by atoms with E-state index in [-0.39, 0.29) is 12.4 Å². The molecule has 2 rings (SSSR count). The number of ketones is 1. The SMILES string of the molecule is COc1cc(C(=O)OCC(=O)c2ccc(OC)c(OC)c2)ccc1C. The van der Waals surface area contributed by atoms with Crippen LogP contribution in [0, 0.1) is 6.92 Å². The Morgan fingerprint density at radius 3 is 2.04 bits per heavy atom. The summed E-state index contributed by atoms with van der Waals surface area (Å²) < 4.78 is 20.6. The quantitative estimate of drug-likeness (QED) is 0.568. The predicted molar refractivity (Wildman–Crippen MR) is 91.9 cm³/mol. The first kappa shape index (κ1) is 18.3. The maximum absolute atomic E-state index is 12.2. The first-order valence-corrected chi connectivity index (χ1v) is 7.57. The maximum atomic E-state index is 12.2. The maximum Gasteiger partial charge on any atom is 0.338 e. The Morgan fingerprint density at radius 2 is 1.40 bits per heavy atom. The number of Topliss-reactive ketones (excluding diaryl/α,β-unsaturated/α-hetero) is 1. The highest BCUT2D eigenvalue weighted by atomic mass is 16.5. The molecule has 0 radical (unpaired) electrons. The summed E-state index contributed by atoms with van der Waals surface area (Å²) in [5.41, 5.74) is 1.59. The molecule has 2 aromatic rings. The predicted octanol–water partition coefficient (Wildman–Crippen LogP) is 3.06. The zero-order valence-electron chi connectivity index (χ0n) is 14.6. The molecule has 0 saturated heterocycles. The Bertz CT molecular complexity index is 781. The number of esters is 1. The second-order valence-electron chi connectivity index (χ2n) is 5.25. The van der Waals surface area contributed by atoms with Gasteiger partial charge in [0.1, 0.15) is 5.75 Å². The largest absolute Gasteiger partial charge is 0.496 e. The number of hydrogen-bond donors (Lipinski definition) is 0. The summed E-state index contributed by atoms with van der Waals surface area (Å²) in [5, 5.41) is 0. The molecule has 0 aliphatic heterocycles. The molecule has 0 spiro atoms. The molecule has 25 heavy (non-hydrogen) atoms. The van der Waals surface area contributed by atoms with Gasteiger partial charge in [0.15, 0.2) is 23.9 Å². The Morgan fingerprint density at radius 1 is 0.800 bits per heavy atom. The highest BCUT2D eigenvalue weighted by Crippen LogP contribution is 2.27. The molecule has 0 atom stereocenters. The van der Waals surface area contributed by atoms with Gasteiger partial charge in [-0.15, -0.1) is 0 Å². The number of rotatable bonds is 7. The van der Waals surface area contributed by atoms with E-state index < -0.39 is 5.97 Å². The first-order valence-electron chi connectivity index (χ1n) is 7.57. The van der Waals surface area contributed by atoms with Gasteiger partial charge in [0, 0.05) is 5.56 Å². The molecule has 0 aliphatic rings. The van der Waals surface area contributed by atoms with Crippen molar-refractivity contribution in [2.45, 2.75) is 6.92 Å². The number of carbonyl (C=O) groups is 2. The monoisotopic (exact) mass is 344 g/mol. The smallest absolute Gasteiger partial charge is 0.338 e. The number of ether oxygens (including phenoxy) is 4. The average molecular weight is 344 g/mol. The molecule has 6 heteroatoms. The van der Waals surface area contributed by atoms with E-state index in [2.05, 4.69) is 0 Å². The fourth-order valence-corrected chi connectivity index (χ4v) is 2.25. The third kappa shape index (κ3) is 4.29. The van der Waals surface area contributed by atoms with E-state index in [1.165, 1.54) is 21.3 Å². The fraction of sp³-hybridized carbons (Fsp3) is 0.263. The first-order chi connectivity index (χ1) is 12.0. The molecule has 0 aliphatic carbocycles. The van der Waals surface area contributed by atoms with Crippen LogP contribution < -0.4 is 14.2 Å². The summed E-state index contributed by atoms with van der Waals surface area (Å²) in [6.07, 6.45) is 0. The Hall–Kier alpha value is -3.02. The van der Waals surface area contributed by atoms with Crippen LogP contribution in [0.2, 0.25) is 0 Å². The Kier molecular flexibility index (Phi) is 6.00. The van der Waals surface area contributed by atoms with Crippen molar-refractivity contribution in [3.63, 3.8) is 0 Å². The van der Waals surface area contributed by atoms with Crippen LogP contribution in [0.1, 0.15) is 26.3 Å². The van der Waals surface area contributed by atoms with Gasteiger partial charge in [-0.2, -0.15) is 0 Å². The zero-order chi connectivity index (χ0) is 18.4. The van der Waals surface area contributed by atoms with Gasteiger partial charge in [-0.25, -0.2) is 4.79 Å². The molecule has 2 aromatic carbocycles. The van der Waals surface area contributed by atoms with Gasteiger partial charge < -0.3 is 18.9 Å². The Labute approximate surface area is 146 Å². The van der Waals surface area contributed by atoms with Gasteiger partial charge in [-0.05, 0) is 42.8 Å². The molecule has 6 nitrogen and oxygen atoms in total. The average Bonchev–Trinajstić information content (AvgIpc) is 2.65. The number of methoxy groups -OCH3 is 3. The van der Waals surface area contributed by atoms with E-state index >= 15 is 0 Å². The lowest BCUT2D eigenvalue weighted by Crippen LogP contribution is -2.14. The van der Waals surface area contributed by atoms with Crippen molar-refractivity contribution in [2.24, 2.45) is 0 Å². The van der Waals surface area contributed by atoms with Crippen LogP contribution in [0.15, 0.2) is 36.4 Å². The lowest BCUT2D eigenvalue weighted by Gasteiger charge is -2.10. The molecule has 0 heterocycles. The van der Waals surface area contributed by atoms with Crippen molar-refractivity contribution in [3.8, 4) is 17.2 Å². The number of benzene rings is 2. The minimum atomic E-state index is -0.591. The van der Waals surface area contributed by atoms with Crippen LogP contribution in [0.5, 0.6) is 17.2 Å². The minimum Gasteiger partial charge on any atom is -0.496 e. The van der Waals surface area contributed by atoms with Gasteiger partial charge in [-0.3, -0.25) is 4.79 Å². The van der Waals surface area contributed by atoms with Gasteiger partial charge in [-0.1, -0.05) is 6.07 Å². The van der Waals surface area contributed by atoms with Crippen LogP contribution in [0.4, 0.5) is 0 Å². The Balaban J connectivity index is 2.05. The van der Waals surface area contributed by atoms with E-state index in [4.69, 9.17) is 18.9 Å². The van der Waals surface area contributed by atoms with Crippen molar-refractivity contribution in [2.75, 3.05) is 27.9 Å². The lowest BCUT2D eigenvalue weighted by atomic mass is 10.1. The molecular formula is C19H20O6. The second kappa shape index (κ2) is 8.19. The molecule has 0 aromatic heterocycles. The summed E-state index contributed by atoms with van der Waals surface area (Å²) >= 11 is 0. The normalized spacial score (nSPS) is 10.1. The van der Waals surface area contributed by atoms with Gasteiger partial charge in [0.05, 0.1) is 26.9 Å². The molecule has 0 bridgehead atoms.